The fourth-order valence-electron chi connectivity index (χ4n) is 2.48. The molecule has 0 unspecified atom stereocenters. The van der Waals surface area contributed by atoms with Gasteiger partial charge in [0.1, 0.15) is 5.76 Å². The second-order valence-electron chi connectivity index (χ2n) is 4.96. The Balaban J connectivity index is 1.98. The molecule has 1 aliphatic carbocycles. The molecule has 0 bridgehead atoms. The van der Waals surface area contributed by atoms with E-state index in [0.717, 1.165) is 31.4 Å². The summed E-state index contributed by atoms with van der Waals surface area (Å²) in [5.74, 6) is 1.25. The molecule has 0 spiro atoms. The summed E-state index contributed by atoms with van der Waals surface area (Å²) in [7, 11) is 1.82. The van der Waals surface area contributed by atoms with E-state index >= 15 is 0 Å². The van der Waals surface area contributed by atoms with Gasteiger partial charge in [0.2, 0.25) is 0 Å². The van der Waals surface area contributed by atoms with Crippen LogP contribution in [0.5, 0.6) is 0 Å². The van der Waals surface area contributed by atoms with Gasteiger partial charge < -0.3 is 9.32 Å². The highest BCUT2D eigenvalue weighted by Gasteiger charge is 2.27. The summed E-state index contributed by atoms with van der Waals surface area (Å²) in [4.78, 5) is 13.9. The third-order valence-corrected chi connectivity index (χ3v) is 3.70. The van der Waals surface area contributed by atoms with Crippen LogP contribution in [-0.2, 0) is 0 Å². The molecule has 1 aromatic rings. The van der Waals surface area contributed by atoms with E-state index < -0.39 is 0 Å². The van der Waals surface area contributed by atoms with E-state index in [-0.39, 0.29) is 17.9 Å². The molecule has 1 heterocycles. The molecule has 1 aromatic heterocycles. The van der Waals surface area contributed by atoms with Crippen LogP contribution in [0.1, 0.15) is 42.0 Å². The van der Waals surface area contributed by atoms with Gasteiger partial charge in [-0.2, -0.15) is 5.26 Å². The minimum atomic E-state index is -0.0662. The second-order valence-corrected chi connectivity index (χ2v) is 4.96. The third kappa shape index (κ3) is 2.56. The minimum Gasteiger partial charge on any atom is -0.456 e. The normalized spacial score (nSPS) is 23.4. The lowest BCUT2D eigenvalue weighted by Crippen LogP contribution is -2.39. The average molecular weight is 246 g/mol. The first-order valence-electron chi connectivity index (χ1n) is 6.35. The van der Waals surface area contributed by atoms with E-state index in [1.807, 2.05) is 14.0 Å². The molecule has 4 heteroatoms. The first-order chi connectivity index (χ1) is 8.61. The van der Waals surface area contributed by atoms with Crippen LogP contribution in [0.3, 0.4) is 0 Å². The molecule has 0 aliphatic heterocycles. The SMILES string of the molecule is Cc1ccc(C(=O)N(C)C2CCC(C#N)CC2)o1. The molecule has 0 aromatic carbocycles. The Hall–Kier alpha value is -1.76. The first-order valence-corrected chi connectivity index (χ1v) is 6.35. The predicted molar refractivity (Wildman–Crippen MR) is 66.9 cm³/mol. The summed E-state index contributed by atoms with van der Waals surface area (Å²) in [5.41, 5.74) is 0. The van der Waals surface area contributed by atoms with E-state index in [0.29, 0.717) is 5.76 Å². The summed E-state index contributed by atoms with van der Waals surface area (Å²) in [6.45, 7) is 1.83. The van der Waals surface area contributed by atoms with E-state index in [4.69, 9.17) is 9.68 Å². The topological polar surface area (TPSA) is 57.2 Å². The fourth-order valence-corrected chi connectivity index (χ4v) is 2.48. The van der Waals surface area contributed by atoms with Crippen molar-refractivity contribution in [3.05, 3.63) is 23.7 Å². The molecule has 18 heavy (non-hydrogen) atoms. The highest BCUT2D eigenvalue weighted by Crippen LogP contribution is 2.27. The molecular formula is C14H18N2O2. The number of furan rings is 1. The summed E-state index contributed by atoms with van der Waals surface area (Å²) in [6.07, 6.45) is 3.58. The van der Waals surface area contributed by atoms with Crippen LogP contribution < -0.4 is 0 Å². The minimum absolute atomic E-state index is 0.0662. The quantitative estimate of drug-likeness (QED) is 0.806. The number of hydrogen-bond acceptors (Lipinski definition) is 3. The molecule has 1 saturated carbocycles. The van der Waals surface area contributed by atoms with Crippen molar-refractivity contribution < 1.29 is 9.21 Å². The summed E-state index contributed by atoms with van der Waals surface area (Å²) < 4.78 is 5.36. The van der Waals surface area contributed by atoms with E-state index in [2.05, 4.69) is 6.07 Å². The van der Waals surface area contributed by atoms with Gasteiger partial charge in [0.15, 0.2) is 5.76 Å². The van der Waals surface area contributed by atoms with Crippen molar-refractivity contribution in [3.63, 3.8) is 0 Å². The number of carbonyl (C=O) groups excluding carboxylic acids is 1. The van der Waals surface area contributed by atoms with Crippen LogP contribution in [0, 0.1) is 24.2 Å². The standard InChI is InChI=1S/C14H18N2O2/c1-10-3-8-13(18-10)14(17)16(2)12-6-4-11(9-15)5-7-12/h3,8,11-12H,4-7H2,1-2H3. The molecule has 4 nitrogen and oxygen atoms in total. The van der Waals surface area contributed by atoms with Crippen LogP contribution in [-0.4, -0.2) is 23.9 Å². The lowest BCUT2D eigenvalue weighted by Gasteiger charge is -2.32. The molecule has 96 valence electrons. The Morgan fingerprint density at radius 2 is 2.06 bits per heavy atom. The molecule has 1 amide bonds. The van der Waals surface area contributed by atoms with Crippen molar-refractivity contribution in [3.8, 4) is 6.07 Å². The third-order valence-electron chi connectivity index (χ3n) is 3.70. The molecule has 0 radical (unpaired) electrons. The van der Waals surface area contributed by atoms with E-state index in [1.165, 1.54) is 0 Å². The van der Waals surface area contributed by atoms with Crippen LogP contribution >= 0.6 is 0 Å². The summed E-state index contributed by atoms with van der Waals surface area (Å²) in [5, 5.41) is 8.86. The lowest BCUT2D eigenvalue weighted by molar-refractivity contribution is 0.0652. The van der Waals surface area contributed by atoms with E-state index in [1.54, 1.807) is 17.0 Å². The van der Waals surface area contributed by atoms with Crippen LogP contribution in [0.15, 0.2) is 16.5 Å². The summed E-state index contributed by atoms with van der Waals surface area (Å²) in [6, 6.07) is 6.05. The van der Waals surface area contributed by atoms with Crippen molar-refractivity contribution in [1.29, 1.82) is 5.26 Å². The zero-order valence-corrected chi connectivity index (χ0v) is 10.8. The Labute approximate surface area is 107 Å². The molecule has 0 saturated heterocycles. The number of rotatable bonds is 2. The van der Waals surface area contributed by atoms with Crippen molar-refractivity contribution in [2.45, 2.75) is 38.6 Å². The van der Waals surface area contributed by atoms with Gasteiger partial charge in [-0.3, -0.25) is 4.79 Å². The van der Waals surface area contributed by atoms with E-state index in [9.17, 15) is 4.79 Å². The molecule has 1 fully saturated rings. The fraction of sp³-hybridized carbons (Fsp3) is 0.571. The monoisotopic (exact) mass is 246 g/mol. The van der Waals surface area contributed by atoms with Crippen LogP contribution in [0.4, 0.5) is 0 Å². The highest BCUT2D eigenvalue weighted by molar-refractivity contribution is 5.91. The van der Waals surface area contributed by atoms with Crippen molar-refractivity contribution in [2.75, 3.05) is 7.05 Å². The van der Waals surface area contributed by atoms with Gasteiger partial charge in [0.05, 0.1) is 6.07 Å². The Kier molecular flexibility index (Phi) is 3.71. The number of hydrogen-bond donors (Lipinski definition) is 0. The maximum Gasteiger partial charge on any atom is 0.289 e. The highest BCUT2D eigenvalue weighted by atomic mass is 16.3. The zero-order chi connectivity index (χ0) is 13.1. The smallest absolute Gasteiger partial charge is 0.289 e. The Bertz CT molecular complexity index is 464. The van der Waals surface area contributed by atoms with Gasteiger partial charge in [-0.1, -0.05) is 0 Å². The molecule has 1 aliphatic rings. The molecule has 0 atom stereocenters. The lowest BCUT2D eigenvalue weighted by atomic mass is 9.86. The predicted octanol–water partition coefficient (Wildman–Crippen LogP) is 2.74. The maximum atomic E-state index is 12.2. The summed E-state index contributed by atoms with van der Waals surface area (Å²) >= 11 is 0. The number of nitriles is 1. The van der Waals surface area contributed by atoms with Gasteiger partial charge in [0.25, 0.3) is 5.91 Å². The first kappa shape index (κ1) is 12.7. The number of carbonyl (C=O) groups is 1. The average Bonchev–Trinajstić information content (AvgIpc) is 2.84. The van der Waals surface area contributed by atoms with Crippen molar-refractivity contribution in [1.82, 2.24) is 4.90 Å². The van der Waals surface area contributed by atoms with Gasteiger partial charge in [-0.05, 0) is 44.7 Å². The maximum absolute atomic E-state index is 12.2. The largest absolute Gasteiger partial charge is 0.456 e. The molecule has 2 rings (SSSR count). The Morgan fingerprint density at radius 1 is 1.39 bits per heavy atom. The van der Waals surface area contributed by atoms with Crippen molar-refractivity contribution >= 4 is 5.91 Å². The van der Waals surface area contributed by atoms with Crippen LogP contribution in [0.25, 0.3) is 0 Å². The second kappa shape index (κ2) is 5.26. The van der Waals surface area contributed by atoms with Gasteiger partial charge in [0, 0.05) is 19.0 Å². The Morgan fingerprint density at radius 3 is 2.56 bits per heavy atom. The zero-order valence-electron chi connectivity index (χ0n) is 10.8. The van der Waals surface area contributed by atoms with Gasteiger partial charge in [-0.15, -0.1) is 0 Å². The number of nitrogens with zero attached hydrogens (tertiary/aromatic N) is 2. The van der Waals surface area contributed by atoms with Crippen LogP contribution in [0.2, 0.25) is 0 Å². The molecule has 0 N–H and O–H groups in total. The number of aryl methyl sites for hydroxylation is 1. The van der Waals surface area contributed by atoms with Gasteiger partial charge in [-0.25, -0.2) is 0 Å². The number of amides is 1. The molecular weight excluding hydrogens is 228 g/mol. The van der Waals surface area contributed by atoms with Gasteiger partial charge >= 0.3 is 0 Å². The van der Waals surface area contributed by atoms with Crippen molar-refractivity contribution in [2.24, 2.45) is 5.92 Å².